The summed E-state index contributed by atoms with van der Waals surface area (Å²) < 4.78 is 0. The SMILES string of the molecule is CNC(=O)CN(C)Cc1ccccc1CC(=O)NN. The monoisotopic (exact) mass is 264 g/mol. The van der Waals surface area contributed by atoms with E-state index in [1.54, 1.807) is 7.05 Å². The normalized spacial score (nSPS) is 10.3. The zero-order valence-electron chi connectivity index (χ0n) is 11.3. The molecule has 0 saturated heterocycles. The van der Waals surface area contributed by atoms with Crippen LogP contribution in [0, 0.1) is 0 Å². The Bertz CT molecular complexity index is 448. The second kappa shape index (κ2) is 7.50. The van der Waals surface area contributed by atoms with Crippen LogP contribution in [0.2, 0.25) is 0 Å². The third-order valence-corrected chi connectivity index (χ3v) is 2.76. The van der Waals surface area contributed by atoms with Crippen LogP contribution in [0.4, 0.5) is 0 Å². The largest absolute Gasteiger partial charge is 0.358 e. The minimum atomic E-state index is -0.235. The molecule has 0 radical (unpaired) electrons. The molecule has 0 unspecified atom stereocenters. The van der Waals surface area contributed by atoms with Crippen LogP contribution < -0.4 is 16.6 Å². The lowest BCUT2D eigenvalue weighted by molar-refractivity contribution is -0.122. The molecule has 1 rings (SSSR count). The minimum absolute atomic E-state index is 0.0420. The van der Waals surface area contributed by atoms with Gasteiger partial charge in [-0.1, -0.05) is 24.3 Å². The van der Waals surface area contributed by atoms with Crippen molar-refractivity contribution >= 4 is 11.8 Å². The van der Waals surface area contributed by atoms with Crippen molar-refractivity contribution in [3.8, 4) is 0 Å². The van der Waals surface area contributed by atoms with Gasteiger partial charge in [0.2, 0.25) is 11.8 Å². The Balaban J connectivity index is 2.71. The molecule has 0 bridgehead atoms. The lowest BCUT2D eigenvalue weighted by Crippen LogP contribution is -2.33. The molecular formula is C13H20N4O2. The predicted octanol–water partition coefficient (Wildman–Crippen LogP) is -0.603. The van der Waals surface area contributed by atoms with E-state index in [4.69, 9.17) is 5.84 Å². The first-order chi connectivity index (χ1) is 9.06. The van der Waals surface area contributed by atoms with Crippen molar-refractivity contribution in [2.75, 3.05) is 20.6 Å². The number of nitrogens with zero attached hydrogens (tertiary/aromatic N) is 1. The lowest BCUT2D eigenvalue weighted by atomic mass is 10.0. The molecule has 1 aromatic carbocycles. The van der Waals surface area contributed by atoms with Crippen LogP contribution >= 0.6 is 0 Å². The molecule has 0 atom stereocenters. The van der Waals surface area contributed by atoms with Gasteiger partial charge in [-0.2, -0.15) is 0 Å². The first-order valence-corrected chi connectivity index (χ1v) is 6.02. The Hall–Kier alpha value is -1.92. The van der Waals surface area contributed by atoms with Crippen molar-refractivity contribution in [1.29, 1.82) is 0 Å². The highest BCUT2D eigenvalue weighted by atomic mass is 16.2. The smallest absolute Gasteiger partial charge is 0.238 e. The number of nitrogens with two attached hydrogens (primary N) is 1. The molecule has 0 aromatic heterocycles. The Kier molecular flexibility index (Phi) is 5.98. The predicted molar refractivity (Wildman–Crippen MR) is 72.9 cm³/mol. The summed E-state index contributed by atoms with van der Waals surface area (Å²) in [5.74, 6) is 4.82. The number of hydrazine groups is 1. The summed E-state index contributed by atoms with van der Waals surface area (Å²) in [6, 6.07) is 7.62. The first-order valence-electron chi connectivity index (χ1n) is 6.02. The highest BCUT2D eigenvalue weighted by Gasteiger charge is 2.10. The molecular weight excluding hydrogens is 244 g/mol. The van der Waals surface area contributed by atoms with Gasteiger partial charge in [-0.05, 0) is 18.2 Å². The van der Waals surface area contributed by atoms with Crippen LogP contribution in [-0.4, -0.2) is 37.4 Å². The van der Waals surface area contributed by atoms with E-state index in [9.17, 15) is 9.59 Å². The summed E-state index contributed by atoms with van der Waals surface area (Å²) >= 11 is 0. The number of carbonyl (C=O) groups excluding carboxylic acids is 2. The molecule has 0 saturated carbocycles. The molecule has 0 aliphatic heterocycles. The molecule has 0 spiro atoms. The highest BCUT2D eigenvalue weighted by Crippen LogP contribution is 2.11. The molecule has 0 aliphatic rings. The molecule has 2 amide bonds. The summed E-state index contributed by atoms with van der Waals surface area (Å²) in [6.07, 6.45) is 0.237. The average molecular weight is 264 g/mol. The van der Waals surface area contributed by atoms with E-state index in [0.717, 1.165) is 11.1 Å². The second-order valence-corrected chi connectivity index (χ2v) is 4.36. The Morgan fingerprint density at radius 3 is 2.42 bits per heavy atom. The van der Waals surface area contributed by atoms with Crippen LogP contribution in [-0.2, 0) is 22.6 Å². The molecule has 1 aromatic rings. The molecule has 4 N–H and O–H groups in total. The van der Waals surface area contributed by atoms with E-state index in [-0.39, 0.29) is 18.2 Å². The molecule has 19 heavy (non-hydrogen) atoms. The van der Waals surface area contributed by atoms with Gasteiger partial charge in [0, 0.05) is 13.6 Å². The molecule has 0 fully saturated rings. The summed E-state index contributed by atoms with van der Waals surface area (Å²) in [6.45, 7) is 0.912. The van der Waals surface area contributed by atoms with Gasteiger partial charge in [0.15, 0.2) is 0 Å². The fourth-order valence-corrected chi connectivity index (χ4v) is 1.78. The van der Waals surface area contributed by atoms with Crippen molar-refractivity contribution < 1.29 is 9.59 Å². The Labute approximate surface area is 112 Å². The van der Waals surface area contributed by atoms with E-state index >= 15 is 0 Å². The van der Waals surface area contributed by atoms with Gasteiger partial charge >= 0.3 is 0 Å². The van der Waals surface area contributed by atoms with E-state index in [1.807, 2.05) is 36.2 Å². The van der Waals surface area contributed by atoms with Crippen molar-refractivity contribution in [3.63, 3.8) is 0 Å². The fraction of sp³-hybridized carbons (Fsp3) is 0.385. The number of rotatable bonds is 6. The van der Waals surface area contributed by atoms with Crippen molar-refractivity contribution in [2.45, 2.75) is 13.0 Å². The van der Waals surface area contributed by atoms with Crippen molar-refractivity contribution in [2.24, 2.45) is 5.84 Å². The van der Waals surface area contributed by atoms with Gasteiger partial charge in [-0.25, -0.2) is 5.84 Å². The number of likely N-dealkylation sites (N-methyl/N-ethyl adjacent to an activating group) is 2. The van der Waals surface area contributed by atoms with Gasteiger partial charge < -0.3 is 5.32 Å². The first kappa shape index (κ1) is 15.1. The third-order valence-electron chi connectivity index (χ3n) is 2.76. The maximum absolute atomic E-state index is 11.3. The number of nitrogens with one attached hydrogen (secondary N) is 2. The summed E-state index contributed by atoms with van der Waals surface area (Å²) in [4.78, 5) is 24.5. The number of benzene rings is 1. The highest BCUT2D eigenvalue weighted by molar-refractivity contribution is 5.78. The van der Waals surface area contributed by atoms with Crippen molar-refractivity contribution in [1.82, 2.24) is 15.6 Å². The topological polar surface area (TPSA) is 87.5 Å². The van der Waals surface area contributed by atoms with E-state index in [1.165, 1.54) is 0 Å². The van der Waals surface area contributed by atoms with E-state index in [0.29, 0.717) is 13.1 Å². The summed E-state index contributed by atoms with van der Waals surface area (Å²) in [5.41, 5.74) is 4.04. The number of hydrogen-bond donors (Lipinski definition) is 3. The molecule has 0 heterocycles. The van der Waals surface area contributed by atoms with Crippen LogP contribution in [0.5, 0.6) is 0 Å². The quantitative estimate of drug-likeness (QED) is 0.364. The third kappa shape index (κ3) is 5.07. The van der Waals surface area contributed by atoms with Crippen LogP contribution in [0.15, 0.2) is 24.3 Å². The zero-order valence-corrected chi connectivity index (χ0v) is 11.3. The van der Waals surface area contributed by atoms with Gasteiger partial charge in [-0.3, -0.25) is 19.9 Å². The van der Waals surface area contributed by atoms with E-state index in [2.05, 4.69) is 10.7 Å². The van der Waals surface area contributed by atoms with Crippen molar-refractivity contribution in [3.05, 3.63) is 35.4 Å². The van der Waals surface area contributed by atoms with E-state index < -0.39 is 0 Å². The number of hydrogen-bond acceptors (Lipinski definition) is 4. The average Bonchev–Trinajstić information content (AvgIpc) is 2.40. The molecule has 6 nitrogen and oxygen atoms in total. The zero-order chi connectivity index (χ0) is 14.3. The van der Waals surface area contributed by atoms with Crippen LogP contribution in [0.3, 0.4) is 0 Å². The van der Waals surface area contributed by atoms with Crippen LogP contribution in [0.1, 0.15) is 11.1 Å². The standard InChI is InChI=1S/C13H20N4O2/c1-15-13(19)9-17(2)8-11-6-4-3-5-10(11)7-12(18)16-14/h3-6H,7-9,14H2,1-2H3,(H,15,19)(H,16,18). The maximum atomic E-state index is 11.3. The Morgan fingerprint density at radius 1 is 1.21 bits per heavy atom. The van der Waals surface area contributed by atoms with Gasteiger partial charge in [0.1, 0.15) is 0 Å². The fourth-order valence-electron chi connectivity index (χ4n) is 1.78. The van der Waals surface area contributed by atoms with Gasteiger partial charge in [0.05, 0.1) is 13.0 Å². The molecule has 6 heteroatoms. The summed E-state index contributed by atoms with van der Waals surface area (Å²) in [5, 5.41) is 2.58. The number of amides is 2. The lowest BCUT2D eigenvalue weighted by Gasteiger charge is -2.17. The minimum Gasteiger partial charge on any atom is -0.358 e. The number of carbonyl (C=O) groups is 2. The molecule has 0 aliphatic carbocycles. The van der Waals surface area contributed by atoms with Gasteiger partial charge in [0.25, 0.3) is 0 Å². The summed E-state index contributed by atoms with van der Waals surface area (Å²) in [7, 11) is 3.46. The Morgan fingerprint density at radius 2 is 1.84 bits per heavy atom. The maximum Gasteiger partial charge on any atom is 0.238 e. The van der Waals surface area contributed by atoms with Gasteiger partial charge in [-0.15, -0.1) is 0 Å². The van der Waals surface area contributed by atoms with Crippen LogP contribution in [0.25, 0.3) is 0 Å². The second-order valence-electron chi connectivity index (χ2n) is 4.36. The molecule has 104 valence electrons.